The lowest BCUT2D eigenvalue weighted by molar-refractivity contribution is -0.123. The van der Waals surface area contributed by atoms with Crippen molar-refractivity contribution < 1.29 is 22.7 Å². The van der Waals surface area contributed by atoms with E-state index in [9.17, 15) is 18.0 Å². The zero-order chi connectivity index (χ0) is 24.2. The molecule has 2 amide bonds. The molecule has 0 aromatic heterocycles. The van der Waals surface area contributed by atoms with E-state index in [2.05, 4.69) is 6.58 Å². The molecule has 0 atom stereocenters. The summed E-state index contributed by atoms with van der Waals surface area (Å²) >= 11 is 6.27. The number of likely N-dealkylation sites (tertiary alicyclic amines) is 1. The van der Waals surface area contributed by atoms with Crippen LogP contribution in [0.15, 0.2) is 60.0 Å². The molecule has 33 heavy (non-hydrogen) atoms. The van der Waals surface area contributed by atoms with Gasteiger partial charge in [0, 0.05) is 19.0 Å². The van der Waals surface area contributed by atoms with Gasteiger partial charge in [0.1, 0.15) is 5.75 Å². The maximum atomic E-state index is 13.5. The second-order valence-electron chi connectivity index (χ2n) is 7.63. The molecule has 3 rings (SSSR count). The van der Waals surface area contributed by atoms with E-state index in [1.165, 1.54) is 35.7 Å². The van der Waals surface area contributed by atoms with Gasteiger partial charge < -0.3 is 15.4 Å². The van der Waals surface area contributed by atoms with E-state index in [4.69, 9.17) is 22.1 Å². The fourth-order valence-electron chi connectivity index (χ4n) is 3.70. The van der Waals surface area contributed by atoms with Crippen molar-refractivity contribution in [1.29, 1.82) is 0 Å². The maximum Gasteiger partial charge on any atom is 0.264 e. The minimum atomic E-state index is -4.03. The zero-order valence-electron chi connectivity index (χ0n) is 18.2. The number of piperidine rings is 1. The van der Waals surface area contributed by atoms with Crippen LogP contribution in [0.4, 0.5) is 5.69 Å². The van der Waals surface area contributed by atoms with E-state index in [1.54, 1.807) is 29.2 Å². The fraction of sp³-hybridized carbons (Fsp3) is 0.304. The van der Waals surface area contributed by atoms with Crippen LogP contribution in [0.25, 0.3) is 0 Å². The summed E-state index contributed by atoms with van der Waals surface area (Å²) in [6.45, 7) is 4.37. The lowest BCUT2D eigenvalue weighted by atomic mass is 9.96. The number of carbonyl (C=O) groups is 2. The van der Waals surface area contributed by atoms with Gasteiger partial charge in [-0.15, -0.1) is 6.58 Å². The Morgan fingerprint density at radius 2 is 1.85 bits per heavy atom. The molecule has 1 aliphatic rings. The summed E-state index contributed by atoms with van der Waals surface area (Å²) in [6, 6.07) is 10.6. The summed E-state index contributed by atoms with van der Waals surface area (Å²) in [5.41, 5.74) is 5.87. The average Bonchev–Trinajstić information content (AvgIpc) is 2.82. The normalized spacial score (nSPS) is 14.5. The minimum Gasteiger partial charge on any atom is -0.497 e. The van der Waals surface area contributed by atoms with Gasteiger partial charge in [-0.1, -0.05) is 17.7 Å². The number of nitrogens with two attached hydrogens (primary N) is 1. The Kier molecular flexibility index (Phi) is 7.65. The number of ether oxygens (including phenoxy) is 1. The standard InChI is InChI=1S/C23H26ClN3O5S/c1-3-12-27(17-4-6-18(32-2)7-5-17)33(30,31)19-8-9-21(24)20(15-19)23(29)26-13-10-16(11-14-26)22(25)28/h3-9,15-16H,1,10-14H2,2H3,(H2,25,28). The summed E-state index contributed by atoms with van der Waals surface area (Å²) < 4.78 is 33.3. The van der Waals surface area contributed by atoms with Crippen LogP contribution in [-0.2, 0) is 14.8 Å². The van der Waals surface area contributed by atoms with Crippen LogP contribution in [0.2, 0.25) is 5.02 Å². The third-order valence-corrected chi connectivity index (χ3v) is 7.72. The van der Waals surface area contributed by atoms with E-state index in [-0.39, 0.29) is 39.8 Å². The molecule has 10 heteroatoms. The van der Waals surface area contributed by atoms with Crippen molar-refractivity contribution in [2.75, 3.05) is 31.0 Å². The quantitative estimate of drug-likeness (QED) is 0.570. The van der Waals surface area contributed by atoms with Gasteiger partial charge in [0.25, 0.3) is 15.9 Å². The molecule has 0 bridgehead atoms. The van der Waals surface area contributed by atoms with E-state index in [0.717, 1.165) is 0 Å². The molecule has 1 fully saturated rings. The van der Waals surface area contributed by atoms with Crippen LogP contribution < -0.4 is 14.8 Å². The number of rotatable bonds is 8. The van der Waals surface area contributed by atoms with Gasteiger partial charge in [-0.3, -0.25) is 13.9 Å². The van der Waals surface area contributed by atoms with Crippen LogP contribution in [0.1, 0.15) is 23.2 Å². The van der Waals surface area contributed by atoms with Gasteiger partial charge in [-0.05, 0) is 55.3 Å². The van der Waals surface area contributed by atoms with Crippen molar-refractivity contribution in [3.05, 3.63) is 65.7 Å². The molecule has 1 saturated heterocycles. The monoisotopic (exact) mass is 491 g/mol. The number of primary amides is 1. The summed E-state index contributed by atoms with van der Waals surface area (Å²) in [5.74, 6) is -0.448. The Labute approximate surface area is 198 Å². The van der Waals surface area contributed by atoms with E-state index < -0.39 is 10.0 Å². The van der Waals surface area contributed by atoms with E-state index in [0.29, 0.717) is 37.4 Å². The first kappa shape index (κ1) is 24.6. The van der Waals surface area contributed by atoms with Crippen LogP contribution in [0, 0.1) is 5.92 Å². The molecule has 1 heterocycles. The third kappa shape index (κ3) is 5.31. The van der Waals surface area contributed by atoms with Crippen molar-refractivity contribution in [3.8, 4) is 5.75 Å². The predicted octanol–water partition coefficient (Wildman–Crippen LogP) is 3.07. The molecule has 0 unspecified atom stereocenters. The van der Waals surface area contributed by atoms with Gasteiger partial charge in [-0.2, -0.15) is 0 Å². The second kappa shape index (κ2) is 10.3. The molecule has 0 saturated carbocycles. The first-order chi connectivity index (χ1) is 15.7. The summed E-state index contributed by atoms with van der Waals surface area (Å²) in [5, 5.41) is 0.149. The Balaban J connectivity index is 1.92. The number of carbonyl (C=O) groups excluding carboxylic acids is 2. The number of amides is 2. The van der Waals surface area contributed by atoms with Crippen molar-refractivity contribution in [2.45, 2.75) is 17.7 Å². The topological polar surface area (TPSA) is 110 Å². The molecule has 2 aromatic rings. The van der Waals surface area contributed by atoms with Crippen molar-refractivity contribution in [2.24, 2.45) is 11.7 Å². The third-order valence-electron chi connectivity index (χ3n) is 5.60. The Bertz CT molecular complexity index is 1140. The molecular formula is C23H26ClN3O5S. The van der Waals surface area contributed by atoms with Gasteiger partial charge in [0.2, 0.25) is 5.91 Å². The molecule has 0 radical (unpaired) electrons. The highest BCUT2D eigenvalue weighted by atomic mass is 35.5. The fourth-order valence-corrected chi connectivity index (χ4v) is 5.36. The number of nitrogens with zero attached hydrogens (tertiary/aromatic N) is 2. The van der Waals surface area contributed by atoms with Gasteiger partial charge in [-0.25, -0.2) is 8.42 Å². The SMILES string of the molecule is C=CCN(c1ccc(OC)cc1)S(=O)(=O)c1ccc(Cl)c(C(=O)N2CCC(C(N)=O)CC2)c1. The van der Waals surface area contributed by atoms with Crippen LogP contribution in [-0.4, -0.2) is 51.9 Å². The van der Waals surface area contributed by atoms with Crippen molar-refractivity contribution in [1.82, 2.24) is 4.90 Å². The highest BCUT2D eigenvalue weighted by molar-refractivity contribution is 7.92. The summed E-state index contributed by atoms with van der Waals surface area (Å²) in [6.07, 6.45) is 2.40. The Hall–Kier alpha value is -3.04. The molecule has 8 nitrogen and oxygen atoms in total. The Morgan fingerprint density at radius 1 is 1.21 bits per heavy atom. The smallest absolute Gasteiger partial charge is 0.264 e. The first-order valence-corrected chi connectivity index (χ1v) is 12.2. The van der Waals surface area contributed by atoms with E-state index in [1.807, 2.05) is 0 Å². The Morgan fingerprint density at radius 3 is 2.39 bits per heavy atom. The second-order valence-corrected chi connectivity index (χ2v) is 9.90. The molecule has 2 aromatic carbocycles. The number of hydrogen-bond acceptors (Lipinski definition) is 5. The minimum absolute atomic E-state index is 0.0290. The summed E-state index contributed by atoms with van der Waals surface area (Å²) in [4.78, 5) is 26.0. The molecule has 2 N–H and O–H groups in total. The van der Waals surface area contributed by atoms with Gasteiger partial charge in [0.05, 0.1) is 34.8 Å². The maximum absolute atomic E-state index is 13.5. The number of benzene rings is 2. The highest BCUT2D eigenvalue weighted by Gasteiger charge is 2.30. The molecule has 0 aliphatic carbocycles. The summed E-state index contributed by atoms with van der Waals surface area (Å²) in [7, 11) is -2.50. The zero-order valence-corrected chi connectivity index (χ0v) is 19.8. The van der Waals surface area contributed by atoms with Crippen LogP contribution in [0.5, 0.6) is 5.75 Å². The highest BCUT2D eigenvalue weighted by Crippen LogP contribution is 2.29. The largest absolute Gasteiger partial charge is 0.497 e. The number of hydrogen-bond donors (Lipinski definition) is 1. The number of halogens is 1. The lowest BCUT2D eigenvalue weighted by Crippen LogP contribution is -2.41. The number of methoxy groups -OCH3 is 1. The molecule has 0 spiro atoms. The van der Waals surface area contributed by atoms with Crippen LogP contribution in [0.3, 0.4) is 0 Å². The molecular weight excluding hydrogens is 466 g/mol. The average molecular weight is 492 g/mol. The number of sulfonamides is 1. The predicted molar refractivity (Wildman–Crippen MR) is 127 cm³/mol. The number of anilines is 1. The van der Waals surface area contributed by atoms with Crippen molar-refractivity contribution in [3.63, 3.8) is 0 Å². The lowest BCUT2D eigenvalue weighted by Gasteiger charge is -2.31. The molecule has 1 aliphatic heterocycles. The van der Waals surface area contributed by atoms with E-state index >= 15 is 0 Å². The first-order valence-electron chi connectivity index (χ1n) is 10.3. The molecule has 176 valence electrons. The van der Waals surface area contributed by atoms with Crippen molar-refractivity contribution >= 4 is 39.1 Å². The van der Waals surface area contributed by atoms with Crippen LogP contribution >= 0.6 is 11.6 Å². The van der Waals surface area contributed by atoms with Gasteiger partial charge >= 0.3 is 0 Å². The van der Waals surface area contributed by atoms with Gasteiger partial charge in [0.15, 0.2) is 0 Å².